The van der Waals surface area contributed by atoms with Gasteiger partial charge in [-0.3, -0.25) is 4.79 Å². The van der Waals surface area contributed by atoms with Crippen LogP contribution in [0, 0.1) is 0 Å². The highest BCUT2D eigenvalue weighted by Gasteiger charge is 2.34. The predicted molar refractivity (Wildman–Crippen MR) is 144 cm³/mol. The van der Waals surface area contributed by atoms with E-state index in [1.165, 1.54) is 0 Å². The first kappa shape index (κ1) is 26.4. The van der Waals surface area contributed by atoms with Crippen molar-refractivity contribution >= 4 is 29.0 Å². The lowest BCUT2D eigenvalue weighted by Crippen LogP contribution is -2.32. The van der Waals surface area contributed by atoms with Crippen LogP contribution in [0.1, 0.15) is 36.0 Å². The zero-order valence-corrected chi connectivity index (χ0v) is 21.4. The Hall–Kier alpha value is -4.78. The minimum Gasteiger partial charge on any atom is -0.402 e. The number of rotatable bonds is 6. The summed E-state index contributed by atoms with van der Waals surface area (Å²) in [5, 5.41) is 26.8. The van der Waals surface area contributed by atoms with Crippen molar-refractivity contribution in [1.82, 2.24) is 15.2 Å². The highest BCUT2D eigenvalue weighted by Crippen LogP contribution is 2.36. The number of hydrogen-bond donors (Lipinski definition) is 4. The van der Waals surface area contributed by atoms with Gasteiger partial charge in [-0.05, 0) is 31.4 Å². The van der Waals surface area contributed by atoms with E-state index in [-0.39, 0.29) is 23.3 Å². The summed E-state index contributed by atoms with van der Waals surface area (Å²) in [7, 11) is 0. The number of aliphatic hydroxyl groups is 1. The molecule has 0 unspecified atom stereocenters. The number of benzene rings is 2. The average molecular weight is 564 g/mol. The zero-order valence-electron chi connectivity index (χ0n) is 21.4. The summed E-state index contributed by atoms with van der Waals surface area (Å²) in [4.78, 5) is 21.7. The van der Waals surface area contributed by atoms with Crippen LogP contribution in [0.3, 0.4) is 0 Å². The minimum absolute atomic E-state index is 0.00646. The topological polar surface area (TPSA) is 138 Å². The quantitative estimate of drug-likeness (QED) is 0.265. The van der Waals surface area contributed by atoms with Crippen molar-refractivity contribution in [1.29, 1.82) is 0 Å². The Bertz CT molecular complexity index is 1610. The number of carbonyl (C=O) groups excluding carboxylic acids is 1. The standard InChI is InChI=1S/C28H24F3N7O3/c29-28(30,31)16-13-20(33-19-11-6-12-21(19)39)23(32-14-16)26-37-38-27(41-26)36-24-25(40)34-18-10-5-4-9-17(18)22(35-24)15-7-2-1-3-8-15/h1-5,7-10,13-14,19,21,24,33,39H,6,11-12H2,(H,34,40)(H,36,38)/t19-,21+,24+/m0/s1. The van der Waals surface area contributed by atoms with Gasteiger partial charge in [0.05, 0.1) is 34.8 Å². The van der Waals surface area contributed by atoms with Gasteiger partial charge in [0.2, 0.25) is 6.17 Å². The van der Waals surface area contributed by atoms with E-state index in [2.05, 4.69) is 36.1 Å². The Kier molecular flexibility index (Phi) is 6.87. The lowest BCUT2D eigenvalue weighted by Gasteiger charge is -2.20. The molecule has 1 aliphatic heterocycles. The first-order valence-corrected chi connectivity index (χ1v) is 12.9. The third-order valence-electron chi connectivity index (χ3n) is 6.92. The fourth-order valence-electron chi connectivity index (χ4n) is 4.88. The smallest absolute Gasteiger partial charge is 0.402 e. The monoisotopic (exact) mass is 563 g/mol. The third-order valence-corrected chi connectivity index (χ3v) is 6.92. The molecule has 2 aromatic heterocycles. The van der Waals surface area contributed by atoms with Crippen molar-refractivity contribution in [3.05, 3.63) is 83.6 Å². The number of pyridine rings is 1. The number of anilines is 3. The van der Waals surface area contributed by atoms with E-state index in [1.54, 1.807) is 12.1 Å². The number of halogens is 3. The molecule has 210 valence electrons. The summed E-state index contributed by atoms with van der Waals surface area (Å²) in [5.41, 5.74) is 1.65. The largest absolute Gasteiger partial charge is 0.417 e. The van der Waals surface area contributed by atoms with Crippen LogP contribution in [0.5, 0.6) is 0 Å². The molecule has 0 spiro atoms. The van der Waals surface area contributed by atoms with Gasteiger partial charge in [0.25, 0.3) is 11.8 Å². The predicted octanol–water partition coefficient (Wildman–Crippen LogP) is 4.70. The second-order valence-corrected chi connectivity index (χ2v) is 9.70. The molecular weight excluding hydrogens is 539 g/mol. The number of hydrogen-bond acceptors (Lipinski definition) is 9. The van der Waals surface area contributed by atoms with E-state index in [0.717, 1.165) is 23.6 Å². The highest BCUT2D eigenvalue weighted by molar-refractivity contribution is 6.19. The molecule has 41 heavy (non-hydrogen) atoms. The molecule has 13 heteroatoms. The van der Waals surface area contributed by atoms with E-state index in [0.29, 0.717) is 30.4 Å². The van der Waals surface area contributed by atoms with Gasteiger partial charge in [-0.25, -0.2) is 9.98 Å². The molecule has 1 amide bonds. The first-order valence-electron chi connectivity index (χ1n) is 12.9. The van der Waals surface area contributed by atoms with Crippen molar-refractivity contribution in [3.63, 3.8) is 0 Å². The molecule has 4 N–H and O–H groups in total. The van der Waals surface area contributed by atoms with Crippen LogP contribution >= 0.6 is 0 Å². The van der Waals surface area contributed by atoms with Gasteiger partial charge in [-0.2, -0.15) is 13.2 Å². The normalized spacial score (nSPS) is 20.5. The van der Waals surface area contributed by atoms with E-state index >= 15 is 0 Å². The Morgan fingerprint density at radius 3 is 2.54 bits per heavy atom. The zero-order chi connectivity index (χ0) is 28.6. The fourth-order valence-corrected chi connectivity index (χ4v) is 4.88. The Labute approximate surface area is 231 Å². The molecule has 1 saturated carbocycles. The van der Waals surface area contributed by atoms with Crippen LogP contribution in [0.2, 0.25) is 0 Å². The number of amides is 1. The van der Waals surface area contributed by atoms with E-state index < -0.39 is 36.0 Å². The average Bonchev–Trinajstić information content (AvgIpc) is 3.56. The van der Waals surface area contributed by atoms with Gasteiger partial charge >= 0.3 is 12.2 Å². The molecule has 3 heterocycles. The molecule has 0 bridgehead atoms. The second-order valence-electron chi connectivity index (χ2n) is 9.70. The number of aromatic nitrogens is 3. The first-order chi connectivity index (χ1) is 19.8. The lowest BCUT2D eigenvalue weighted by atomic mass is 10.0. The molecule has 6 rings (SSSR count). The summed E-state index contributed by atoms with van der Waals surface area (Å²) in [6.07, 6.45) is -3.99. The minimum atomic E-state index is -4.63. The number of para-hydroxylation sites is 1. The second kappa shape index (κ2) is 10.7. The van der Waals surface area contributed by atoms with E-state index in [4.69, 9.17) is 4.42 Å². The number of nitrogens with zero attached hydrogens (tertiary/aromatic N) is 4. The van der Waals surface area contributed by atoms with Crippen molar-refractivity contribution in [2.45, 2.75) is 43.8 Å². The SMILES string of the molecule is O=C1Nc2ccccc2C(c2ccccc2)=N[C@@H]1Nc1nnc(-c2ncc(C(F)(F)F)cc2N[C@H]2CCC[C@H]2O)o1. The van der Waals surface area contributed by atoms with Crippen LogP contribution in [-0.2, 0) is 11.0 Å². The Morgan fingerprint density at radius 2 is 1.78 bits per heavy atom. The van der Waals surface area contributed by atoms with Gasteiger partial charge in [0.1, 0.15) is 0 Å². The van der Waals surface area contributed by atoms with Crippen molar-refractivity contribution < 1.29 is 27.5 Å². The maximum atomic E-state index is 13.5. The van der Waals surface area contributed by atoms with E-state index in [9.17, 15) is 23.1 Å². The van der Waals surface area contributed by atoms with Crippen LogP contribution in [0.4, 0.5) is 30.6 Å². The molecule has 0 radical (unpaired) electrons. The molecule has 2 aliphatic rings. The van der Waals surface area contributed by atoms with Crippen molar-refractivity contribution in [2.24, 2.45) is 4.99 Å². The number of benzodiazepines with no additional fused rings is 1. The molecule has 10 nitrogen and oxygen atoms in total. The third kappa shape index (κ3) is 5.48. The van der Waals surface area contributed by atoms with Crippen LogP contribution in [-0.4, -0.2) is 50.2 Å². The molecule has 4 aromatic rings. The molecular formula is C28H24F3N7O3. The lowest BCUT2D eigenvalue weighted by molar-refractivity contribution is -0.137. The van der Waals surface area contributed by atoms with Gasteiger partial charge in [0.15, 0.2) is 5.69 Å². The molecule has 0 saturated heterocycles. The summed E-state index contributed by atoms with van der Waals surface area (Å²) >= 11 is 0. The van der Waals surface area contributed by atoms with Crippen molar-refractivity contribution in [2.75, 3.05) is 16.0 Å². The van der Waals surface area contributed by atoms with Gasteiger partial charge in [-0.15, -0.1) is 5.10 Å². The maximum Gasteiger partial charge on any atom is 0.417 e. The Morgan fingerprint density at radius 1 is 1.00 bits per heavy atom. The molecule has 1 aliphatic carbocycles. The fraction of sp³-hybridized carbons (Fsp3) is 0.250. The number of nitrogens with one attached hydrogen (secondary N) is 3. The van der Waals surface area contributed by atoms with Crippen LogP contribution in [0.25, 0.3) is 11.6 Å². The molecule has 1 fully saturated rings. The number of fused-ring (bicyclic) bond motifs is 1. The van der Waals surface area contributed by atoms with Crippen LogP contribution < -0.4 is 16.0 Å². The number of carbonyl (C=O) groups is 1. The van der Waals surface area contributed by atoms with E-state index in [1.807, 2.05) is 42.5 Å². The molecule has 2 aromatic carbocycles. The van der Waals surface area contributed by atoms with Crippen molar-refractivity contribution in [3.8, 4) is 11.6 Å². The molecule has 3 atom stereocenters. The summed E-state index contributed by atoms with van der Waals surface area (Å²) in [6, 6.07) is 16.9. The summed E-state index contributed by atoms with van der Waals surface area (Å²) in [5.74, 6) is -0.658. The van der Waals surface area contributed by atoms with Gasteiger partial charge < -0.3 is 25.5 Å². The summed E-state index contributed by atoms with van der Waals surface area (Å²) < 4.78 is 46.1. The van der Waals surface area contributed by atoms with Gasteiger partial charge in [-0.1, -0.05) is 53.6 Å². The number of alkyl halides is 3. The highest BCUT2D eigenvalue weighted by atomic mass is 19.4. The van der Waals surface area contributed by atoms with Crippen LogP contribution in [0.15, 0.2) is 76.3 Å². The Balaban J connectivity index is 1.32. The van der Waals surface area contributed by atoms with Gasteiger partial charge in [0, 0.05) is 17.3 Å². The number of aliphatic imine (C=N–C) groups is 1. The maximum absolute atomic E-state index is 13.5. The summed E-state index contributed by atoms with van der Waals surface area (Å²) in [6.45, 7) is 0. The number of aliphatic hydroxyl groups excluding tert-OH is 1.